The molecule has 36 heavy (non-hydrogen) atoms. The van der Waals surface area contributed by atoms with Crippen LogP contribution in [0.1, 0.15) is 174 Å². The Hall–Kier alpha value is -1.32. The molecule has 0 aromatic heterocycles. The number of hydrogen-bond acceptors (Lipinski definition) is 3. The van der Waals surface area contributed by atoms with Crippen LogP contribution in [0.4, 0.5) is 0 Å². The Bertz CT molecular complexity index is 514. The van der Waals surface area contributed by atoms with Gasteiger partial charge >= 0.3 is 11.9 Å². The number of hydrogen-bond donors (Lipinski definition) is 1. The smallest absolute Gasteiger partial charge is 0.345 e. The third kappa shape index (κ3) is 25.8. The van der Waals surface area contributed by atoms with E-state index in [1.807, 2.05) is 0 Å². The number of ether oxygens (including phenoxy) is 1. The second-order valence-corrected chi connectivity index (χ2v) is 10.6. The highest BCUT2D eigenvalue weighted by Crippen LogP contribution is 2.15. The van der Waals surface area contributed by atoms with E-state index in [2.05, 4.69) is 26.0 Å². The number of carbonyl (C=O) groups excluding carboxylic acids is 1. The van der Waals surface area contributed by atoms with Gasteiger partial charge in [0.2, 0.25) is 0 Å². The van der Waals surface area contributed by atoms with Gasteiger partial charge in [-0.2, -0.15) is 0 Å². The molecule has 0 amide bonds. The standard InChI is InChI=1S/C32H60O4/c1-3-5-7-9-11-13-15-16-17-18-19-21-23-25-27-29-31(33)36-30(32(34)35)28-26-24-22-20-14-12-10-8-6-4-2/h16-17,30H,3-15,18-29H2,1-2H3,(H,34,35)/b17-16-. The van der Waals surface area contributed by atoms with Crippen LogP contribution in [0.2, 0.25) is 0 Å². The van der Waals surface area contributed by atoms with Gasteiger partial charge in [-0.1, -0.05) is 135 Å². The molecule has 0 saturated heterocycles. The van der Waals surface area contributed by atoms with Crippen LogP contribution in [0, 0.1) is 0 Å². The van der Waals surface area contributed by atoms with E-state index in [1.54, 1.807) is 0 Å². The summed E-state index contributed by atoms with van der Waals surface area (Å²) < 4.78 is 5.27. The minimum Gasteiger partial charge on any atom is -0.479 e. The zero-order chi connectivity index (χ0) is 26.5. The molecule has 4 nitrogen and oxygen atoms in total. The van der Waals surface area contributed by atoms with Gasteiger partial charge in [0.05, 0.1) is 0 Å². The Kier molecular flexibility index (Phi) is 27.2. The van der Waals surface area contributed by atoms with Crippen LogP contribution < -0.4 is 0 Å². The largest absolute Gasteiger partial charge is 0.479 e. The molecule has 0 aliphatic carbocycles. The van der Waals surface area contributed by atoms with Crippen molar-refractivity contribution in [2.75, 3.05) is 0 Å². The Morgan fingerprint density at radius 3 is 1.42 bits per heavy atom. The van der Waals surface area contributed by atoms with Crippen molar-refractivity contribution in [2.45, 2.75) is 180 Å². The fraction of sp³-hybridized carbons (Fsp3) is 0.875. The van der Waals surface area contributed by atoms with Crippen molar-refractivity contribution in [3.05, 3.63) is 12.2 Å². The molecule has 0 aromatic carbocycles. The number of carboxylic acid groups (broad SMARTS) is 1. The van der Waals surface area contributed by atoms with Gasteiger partial charge in [0.15, 0.2) is 6.10 Å². The predicted octanol–water partition coefficient (Wildman–Crippen LogP) is 10.3. The quantitative estimate of drug-likeness (QED) is 0.0648. The molecule has 0 radical (unpaired) electrons. The average Bonchev–Trinajstić information content (AvgIpc) is 2.86. The van der Waals surface area contributed by atoms with Crippen molar-refractivity contribution in [3.8, 4) is 0 Å². The Morgan fingerprint density at radius 1 is 0.583 bits per heavy atom. The highest BCUT2D eigenvalue weighted by Gasteiger charge is 2.21. The van der Waals surface area contributed by atoms with E-state index >= 15 is 0 Å². The van der Waals surface area contributed by atoms with Crippen LogP contribution in [-0.4, -0.2) is 23.1 Å². The van der Waals surface area contributed by atoms with Crippen molar-refractivity contribution >= 4 is 11.9 Å². The van der Waals surface area contributed by atoms with E-state index in [-0.39, 0.29) is 5.97 Å². The highest BCUT2D eigenvalue weighted by atomic mass is 16.6. The third-order valence-corrected chi connectivity index (χ3v) is 7.01. The van der Waals surface area contributed by atoms with E-state index in [0.29, 0.717) is 12.8 Å². The summed E-state index contributed by atoms with van der Waals surface area (Å²) in [4.78, 5) is 23.5. The number of esters is 1. The maximum Gasteiger partial charge on any atom is 0.345 e. The minimum absolute atomic E-state index is 0.333. The fourth-order valence-corrected chi connectivity index (χ4v) is 4.61. The van der Waals surface area contributed by atoms with Crippen LogP contribution >= 0.6 is 0 Å². The summed E-state index contributed by atoms with van der Waals surface area (Å²) in [6.45, 7) is 4.50. The molecule has 1 atom stereocenters. The lowest BCUT2D eigenvalue weighted by Gasteiger charge is -2.13. The maximum atomic E-state index is 12.1. The van der Waals surface area contributed by atoms with Gasteiger partial charge in [-0.05, 0) is 44.9 Å². The Morgan fingerprint density at radius 2 is 0.972 bits per heavy atom. The van der Waals surface area contributed by atoms with Gasteiger partial charge in [0, 0.05) is 6.42 Å². The van der Waals surface area contributed by atoms with Crippen LogP contribution in [0.25, 0.3) is 0 Å². The summed E-state index contributed by atoms with van der Waals surface area (Å²) in [5, 5.41) is 9.39. The van der Waals surface area contributed by atoms with Crippen molar-refractivity contribution in [1.82, 2.24) is 0 Å². The molecule has 0 aliphatic rings. The molecule has 0 rings (SSSR count). The molecular weight excluding hydrogens is 448 g/mol. The van der Waals surface area contributed by atoms with E-state index in [9.17, 15) is 14.7 Å². The minimum atomic E-state index is -1.01. The van der Waals surface area contributed by atoms with Crippen molar-refractivity contribution in [3.63, 3.8) is 0 Å². The molecule has 0 saturated carbocycles. The fourth-order valence-electron chi connectivity index (χ4n) is 4.61. The molecule has 4 heteroatoms. The van der Waals surface area contributed by atoms with E-state index < -0.39 is 12.1 Å². The lowest BCUT2D eigenvalue weighted by atomic mass is 10.0. The van der Waals surface area contributed by atoms with Gasteiger partial charge in [0.25, 0.3) is 0 Å². The summed E-state index contributed by atoms with van der Waals surface area (Å²) in [5.74, 6) is -1.36. The number of carbonyl (C=O) groups is 2. The normalized spacial score (nSPS) is 12.3. The van der Waals surface area contributed by atoms with E-state index in [1.165, 1.54) is 103 Å². The number of aliphatic carboxylic acids is 1. The molecule has 0 fully saturated rings. The molecule has 0 spiro atoms. The van der Waals surface area contributed by atoms with Gasteiger partial charge in [0.1, 0.15) is 0 Å². The van der Waals surface area contributed by atoms with Crippen LogP contribution in [0.3, 0.4) is 0 Å². The SMILES string of the molecule is CCCCCCCC/C=C\CCCCCCCC(=O)OC(CCCCCCCCCCCC)C(=O)O. The summed E-state index contributed by atoms with van der Waals surface area (Å²) in [6.07, 6.45) is 32.3. The maximum absolute atomic E-state index is 12.1. The first-order chi connectivity index (χ1) is 17.6. The van der Waals surface area contributed by atoms with E-state index in [0.717, 1.165) is 44.9 Å². The Labute approximate surface area is 224 Å². The molecule has 1 unspecified atom stereocenters. The first kappa shape index (κ1) is 34.7. The highest BCUT2D eigenvalue weighted by molar-refractivity contribution is 5.77. The molecule has 212 valence electrons. The zero-order valence-corrected chi connectivity index (χ0v) is 24.1. The van der Waals surface area contributed by atoms with Gasteiger partial charge in [-0.3, -0.25) is 4.79 Å². The third-order valence-electron chi connectivity index (χ3n) is 7.01. The second kappa shape index (κ2) is 28.3. The lowest BCUT2D eigenvalue weighted by Crippen LogP contribution is -2.27. The van der Waals surface area contributed by atoms with E-state index in [4.69, 9.17) is 4.74 Å². The van der Waals surface area contributed by atoms with Crippen LogP contribution in [0.5, 0.6) is 0 Å². The van der Waals surface area contributed by atoms with Crippen molar-refractivity contribution in [1.29, 1.82) is 0 Å². The van der Waals surface area contributed by atoms with Crippen molar-refractivity contribution in [2.24, 2.45) is 0 Å². The Balaban J connectivity index is 3.59. The summed E-state index contributed by atoms with van der Waals surface area (Å²) >= 11 is 0. The number of allylic oxidation sites excluding steroid dienone is 2. The van der Waals surface area contributed by atoms with Gasteiger partial charge in [-0.25, -0.2) is 4.79 Å². The molecule has 0 heterocycles. The van der Waals surface area contributed by atoms with Gasteiger partial charge in [-0.15, -0.1) is 0 Å². The summed E-state index contributed by atoms with van der Waals surface area (Å²) in [5.41, 5.74) is 0. The van der Waals surface area contributed by atoms with Crippen LogP contribution in [-0.2, 0) is 14.3 Å². The predicted molar refractivity (Wildman–Crippen MR) is 153 cm³/mol. The number of unbranched alkanes of at least 4 members (excludes halogenated alkanes) is 20. The summed E-state index contributed by atoms with van der Waals surface area (Å²) in [6, 6.07) is 0. The van der Waals surface area contributed by atoms with Crippen molar-refractivity contribution < 1.29 is 19.4 Å². The lowest BCUT2D eigenvalue weighted by molar-refractivity contribution is -0.164. The first-order valence-corrected chi connectivity index (χ1v) is 15.7. The summed E-state index contributed by atoms with van der Waals surface area (Å²) in [7, 11) is 0. The number of rotatable bonds is 28. The zero-order valence-electron chi connectivity index (χ0n) is 24.1. The topological polar surface area (TPSA) is 63.6 Å². The molecule has 0 aromatic rings. The number of carboxylic acids is 1. The molecule has 0 bridgehead atoms. The van der Waals surface area contributed by atoms with Crippen LogP contribution in [0.15, 0.2) is 12.2 Å². The molecule has 1 N–H and O–H groups in total. The average molecular weight is 509 g/mol. The molecule has 0 aliphatic heterocycles. The first-order valence-electron chi connectivity index (χ1n) is 15.7. The second-order valence-electron chi connectivity index (χ2n) is 10.6. The molecular formula is C32H60O4. The monoisotopic (exact) mass is 508 g/mol. The van der Waals surface area contributed by atoms with Gasteiger partial charge < -0.3 is 9.84 Å².